The number of hydrogen-bond acceptors (Lipinski definition) is 4. The minimum absolute atomic E-state index is 0.0387. The lowest BCUT2D eigenvalue weighted by atomic mass is 9.84. The number of aliphatic hydroxyl groups is 1. The molecule has 2 atom stereocenters. The molecule has 0 bridgehead atoms. The topological polar surface area (TPSA) is 71.4 Å². The third kappa shape index (κ3) is 5.12. The molecule has 0 saturated carbocycles. The fourth-order valence-electron chi connectivity index (χ4n) is 3.00. The minimum Gasteiger partial charge on any atom is -0.383 e. The molecule has 0 aliphatic carbocycles. The molecule has 9 heteroatoms. The van der Waals surface area contributed by atoms with Gasteiger partial charge in [-0.15, -0.1) is 0 Å². The summed E-state index contributed by atoms with van der Waals surface area (Å²) in [7, 11) is -5.57. The van der Waals surface area contributed by atoms with E-state index in [0.29, 0.717) is 0 Å². The summed E-state index contributed by atoms with van der Waals surface area (Å²) >= 11 is 0. The van der Waals surface area contributed by atoms with Gasteiger partial charge in [0.05, 0.1) is 11.3 Å². The molecule has 0 aromatic heterocycles. The zero-order valence-electron chi connectivity index (χ0n) is 17.2. The van der Waals surface area contributed by atoms with Gasteiger partial charge in [0.15, 0.2) is 9.84 Å². The van der Waals surface area contributed by atoms with Crippen molar-refractivity contribution in [3.63, 3.8) is 0 Å². The molecule has 4 nitrogen and oxygen atoms in total. The van der Waals surface area contributed by atoms with Crippen LogP contribution in [0.5, 0.6) is 0 Å². The van der Waals surface area contributed by atoms with Gasteiger partial charge in [0.2, 0.25) is 0 Å². The molecule has 30 heavy (non-hydrogen) atoms. The summed E-state index contributed by atoms with van der Waals surface area (Å²) in [5, 5.41) is 11.5. The van der Waals surface area contributed by atoms with Gasteiger partial charge in [-0.05, 0) is 44.0 Å². The van der Waals surface area contributed by atoms with Crippen molar-refractivity contribution in [3.05, 3.63) is 70.8 Å². The van der Waals surface area contributed by atoms with Crippen molar-refractivity contribution in [1.82, 2.24) is 0 Å². The van der Waals surface area contributed by atoms with Crippen LogP contribution in [0.1, 0.15) is 36.1 Å². The second-order valence-electron chi connectivity index (χ2n) is 7.93. The zero-order valence-corrected chi connectivity index (χ0v) is 18.8. The highest BCUT2D eigenvalue weighted by atomic mass is 32.2. The Morgan fingerprint density at radius 2 is 1.40 bits per heavy atom. The SMILES string of the molecule is Cc1ccc(CS(=O)CC(O)(c2ccc(C(F)(F)F)cc2)C(C)(C)S(C)(=O)=O)cc1. The van der Waals surface area contributed by atoms with Crippen molar-refractivity contribution in [2.45, 2.75) is 43.0 Å². The maximum Gasteiger partial charge on any atom is 0.416 e. The van der Waals surface area contributed by atoms with Gasteiger partial charge in [-0.2, -0.15) is 13.2 Å². The first-order chi connectivity index (χ1) is 13.6. The highest BCUT2D eigenvalue weighted by Gasteiger charge is 2.52. The summed E-state index contributed by atoms with van der Waals surface area (Å²) in [6.07, 6.45) is -3.64. The van der Waals surface area contributed by atoms with E-state index in [9.17, 15) is 30.9 Å². The maximum absolute atomic E-state index is 12.9. The summed E-state index contributed by atoms with van der Waals surface area (Å²) in [5.74, 6) is -0.380. The molecule has 2 rings (SSSR count). The first kappa shape index (κ1) is 24.6. The summed E-state index contributed by atoms with van der Waals surface area (Å²) in [6.45, 7) is 4.46. The van der Waals surface area contributed by atoms with E-state index in [0.717, 1.165) is 41.6 Å². The van der Waals surface area contributed by atoms with Crippen LogP contribution >= 0.6 is 0 Å². The van der Waals surface area contributed by atoms with Crippen LogP contribution in [0.25, 0.3) is 0 Å². The fourth-order valence-corrected chi connectivity index (χ4v) is 5.56. The lowest BCUT2D eigenvalue weighted by Crippen LogP contribution is -2.55. The van der Waals surface area contributed by atoms with Gasteiger partial charge in [0.25, 0.3) is 0 Å². The number of aryl methyl sites for hydroxylation is 1. The third-order valence-corrected chi connectivity index (χ3v) is 9.02. The highest BCUT2D eigenvalue weighted by molar-refractivity contribution is 7.92. The molecule has 0 heterocycles. The smallest absolute Gasteiger partial charge is 0.383 e. The molecule has 0 radical (unpaired) electrons. The molecular formula is C21H25F3O4S2. The van der Waals surface area contributed by atoms with Crippen molar-refractivity contribution in [2.24, 2.45) is 0 Å². The van der Waals surface area contributed by atoms with E-state index in [-0.39, 0.29) is 11.3 Å². The Morgan fingerprint density at radius 1 is 0.933 bits per heavy atom. The van der Waals surface area contributed by atoms with E-state index < -0.39 is 48.5 Å². The van der Waals surface area contributed by atoms with Crippen LogP contribution in [-0.2, 0) is 38.2 Å². The Bertz CT molecular complexity index is 1010. The van der Waals surface area contributed by atoms with Crippen LogP contribution in [0.2, 0.25) is 0 Å². The van der Waals surface area contributed by atoms with Gasteiger partial charge >= 0.3 is 6.18 Å². The Kier molecular flexibility index (Phi) is 6.90. The van der Waals surface area contributed by atoms with Crippen LogP contribution in [0.15, 0.2) is 48.5 Å². The molecule has 2 aromatic carbocycles. The van der Waals surface area contributed by atoms with Gasteiger partial charge in [-0.3, -0.25) is 4.21 Å². The maximum atomic E-state index is 12.9. The van der Waals surface area contributed by atoms with Crippen molar-refractivity contribution in [1.29, 1.82) is 0 Å². The van der Waals surface area contributed by atoms with E-state index in [1.165, 1.54) is 13.8 Å². The number of benzene rings is 2. The van der Waals surface area contributed by atoms with Gasteiger partial charge in [-0.1, -0.05) is 42.0 Å². The van der Waals surface area contributed by atoms with Crippen LogP contribution in [0.3, 0.4) is 0 Å². The number of hydrogen-bond donors (Lipinski definition) is 1. The molecule has 2 unspecified atom stereocenters. The highest BCUT2D eigenvalue weighted by Crippen LogP contribution is 2.40. The van der Waals surface area contributed by atoms with Gasteiger partial charge in [0, 0.05) is 22.8 Å². The standard InChI is InChI=1S/C21H25F3O4S2/c1-15-5-7-16(8-6-15)13-29(26)14-20(25,19(2,3)30(4,27)28)17-9-11-18(12-10-17)21(22,23)24/h5-12,25H,13-14H2,1-4H3. The van der Waals surface area contributed by atoms with Gasteiger partial charge in [0.1, 0.15) is 10.3 Å². The van der Waals surface area contributed by atoms with Gasteiger partial charge in [-0.25, -0.2) is 8.42 Å². The van der Waals surface area contributed by atoms with E-state index in [2.05, 4.69) is 0 Å². The molecule has 0 spiro atoms. The van der Waals surface area contributed by atoms with E-state index >= 15 is 0 Å². The lowest BCUT2D eigenvalue weighted by molar-refractivity contribution is -0.137. The van der Waals surface area contributed by atoms with Crippen molar-refractivity contribution in [3.8, 4) is 0 Å². The first-order valence-electron chi connectivity index (χ1n) is 9.08. The Morgan fingerprint density at radius 3 is 1.83 bits per heavy atom. The molecule has 0 fully saturated rings. The monoisotopic (exact) mass is 462 g/mol. The predicted octanol–water partition coefficient (Wildman–Crippen LogP) is 3.97. The number of sulfone groups is 1. The van der Waals surface area contributed by atoms with Crippen molar-refractivity contribution >= 4 is 20.6 Å². The molecule has 166 valence electrons. The quantitative estimate of drug-likeness (QED) is 0.676. The van der Waals surface area contributed by atoms with E-state index in [1.807, 2.05) is 19.1 Å². The Balaban J connectivity index is 2.46. The summed E-state index contributed by atoms with van der Waals surface area (Å²) in [6, 6.07) is 10.9. The molecule has 0 saturated heterocycles. The molecule has 2 aromatic rings. The molecule has 1 N–H and O–H groups in total. The van der Waals surface area contributed by atoms with Crippen LogP contribution < -0.4 is 0 Å². The molecule has 0 aliphatic heterocycles. The average Bonchev–Trinajstić information content (AvgIpc) is 2.62. The second kappa shape index (κ2) is 8.43. The Labute approximate surface area is 177 Å². The molecular weight excluding hydrogens is 437 g/mol. The third-order valence-electron chi connectivity index (χ3n) is 5.43. The molecule has 0 amide bonds. The summed E-state index contributed by atoms with van der Waals surface area (Å²) < 4.78 is 74.7. The van der Waals surface area contributed by atoms with Gasteiger partial charge < -0.3 is 5.11 Å². The Hall–Kier alpha value is -1.71. The number of halogens is 3. The van der Waals surface area contributed by atoms with Crippen molar-refractivity contribution in [2.75, 3.05) is 12.0 Å². The van der Waals surface area contributed by atoms with Crippen LogP contribution in [0, 0.1) is 6.92 Å². The van der Waals surface area contributed by atoms with Crippen LogP contribution in [-0.4, -0.2) is 34.5 Å². The normalized spacial score (nSPS) is 16.1. The second-order valence-corrected chi connectivity index (χ2v) is 12.0. The fraction of sp³-hybridized carbons (Fsp3) is 0.429. The lowest BCUT2D eigenvalue weighted by Gasteiger charge is -2.41. The summed E-state index contributed by atoms with van der Waals surface area (Å²) in [5.41, 5.74) is -1.37. The molecule has 0 aliphatic rings. The number of alkyl halides is 3. The predicted molar refractivity (Wildman–Crippen MR) is 112 cm³/mol. The van der Waals surface area contributed by atoms with Crippen molar-refractivity contribution < 1.29 is 30.9 Å². The largest absolute Gasteiger partial charge is 0.416 e. The first-order valence-corrected chi connectivity index (χ1v) is 12.5. The minimum atomic E-state index is -4.57. The van der Waals surface area contributed by atoms with E-state index in [1.54, 1.807) is 12.1 Å². The van der Waals surface area contributed by atoms with Crippen LogP contribution in [0.4, 0.5) is 13.2 Å². The number of rotatable bonds is 7. The zero-order chi connectivity index (χ0) is 23.0. The summed E-state index contributed by atoms with van der Waals surface area (Å²) in [4.78, 5) is 0. The van der Waals surface area contributed by atoms with E-state index in [4.69, 9.17) is 0 Å². The average molecular weight is 463 g/mol.